The number of phenolic OH excluding ortho intramolecular Hbond substituents is 1. The number of nitrogens with one attached hydrogen (secondary N) is 2. The first-order chi connectivity index (χ1) is 14.4. The molecule has 160 valence electrons. The number of thiophene rings is 1. The Kier molecular flexibility index (Phi) is 7.17. The molecule has 2 aromatic heterocycles. The molecular weight excluding hydrogens is 405 g/mol. The zero-order valence-electron chi connectivity index (χ0n) is 17.0. The molecule has 9 heteroatoms. The third kappa shape index (κ3) is 5.03. The molecule has 3 aromatic rings. The second-order valence-corrected chi connectivity index (χ2v) is 8.23. The molecule has 1 fully saturated rings. The van der Waals surface area contributed by atoms with Gasteiger partial charge in [-0.15, -0.1) is 11.3 Å². The lowest BCUT2D eigenvalue weighted by molar-refractivity contribution is 0.100. The summed E-state index contributed by atoms with van der Waals surface area (Å²) in [6.07, 6.45) is 8.47. The number of carbonyl (C=O) groups excluding carboxylic acids is 1. The SMILES string of the molecule is CNC1CCCCC1.Cc1c(C(N)=O)sc2ncnc(Nc3ccc(F)cc3O)c12. The molecular formula is C21H26FN5O2S. The van der Waals surface area contributed by atoms with Gasteiger partial charge in [-0.3, -0.25) is 4.79 Å². The lowest BCUT2D eigenvalue weighted by atomic mass is 9.96. The lowest BCUT2D eigenvalue weighted by Crippen LogP contribution is -2.26. The van der Waals surface area contributed by atoms with Crippen molar-refractivity contribution < 1.29 is 14.3 Å². The van der Waals surface area contributed by atoms with Crippen LogP contribution in [0.15, 0.2) is 24.5 Å². The van der Waals surface area contributed by atoms with E-state index in [0.29, 0.717) is 32.2 Å². The Morgan fingerprint density at radius 3 is 2.60 bits per heavy atom. The minimum Gasteiger partial charge on any atom is -0.506 e. The molecule has 2 heterocycles. The van der Waals surface area contributed by atoms with Crippen LogP contribution in [0.1, 0.15) is 47.3 Å². The maximum Gasteiger partial charge on any atom is 0.259 e. The number of halogens is 1. The third-order valence-electron chi connectivity index (χ3n) is 5.18. The normalized spacial score (nSPS) is 14.2. The van der Waals surface area contributed by atoms with Crippen molar-refractivity contribution in [3.05, 3.63) is 40.8 Å². The first-order valence-electron chi connectivity index (χ1n) is 9.87. The van der Waals surface area contributed by atoms with Crippen molar-refractivity contribution in [2.75, 3.05) is 12.4 Å². The number of nitrogens with zero attached hydrogens (tertiary/aromatic N) is 2. The highest BCUT2D eigenvalue weighted by Crippen LogP contribution is 2.35. The molecule has 1 amide bonds. The van der Waals surface area contributed by atoms with Crippen LogP contribution in [0.3, 0.4) is 0 Å². The van der Waals surface area contributed by atoms with E-state index in [-0.39, 0.29) is 5.75 Å². The zero-order valence-corrected chi connectivity index (χ0v) is 17.9. The summed E-state index contributed by atoms with van der Waals surface area (Å²) in [5.41, 5.74) is 6.31. The van der Waals surface area contributed by atoms with Crippen LogP contribution in [0.4, 0.5) is 15.9 Å². The highest BCUT2D eigenvalue weighted by molar-refractivity contribution is 7.20. The Hall–Kier alpha value is -2.78. The molecule has 0 radical (unpaired) electrons. The van der Waals surface area contributed by atoms with Gasteiger partial charge in [0, 0.05) is 12.1 Å². The Balaban J connectivity index is 0.000000269. The number of amides is 1. The molecule has 5 N–H and O–H groups in total. The summed E-state index contributed by atoms with van der Waals surface area (Å²) >= 11 is 1.18. The molecule has 1 aliphatic carbocycles. The van der Waals surface area contributed by atoms with Crippen LogP contribution in [0, 0.1) is 12.7 Å². The predicted octanol–water partition coefficient (Wildman–Crippen LogP) is 4.23. The topological polar surface area (TPSA) is 113 Å². The van der Waals surface area contributed by atoms with Crippen LogP contribution in [-0.4, -0.2) is 34.1 Å². The quantitative estimate of drug-likeness (QED) is 0.460. The van der Waals surface area contributed by atoms with E-state index in [2.05, 4.69) is 27.6 Å². The van der Waals surface area contributed by atoms with Gasteiger partial charge in [0.25, 0.3) is 5.91 Å². The fourth-order valence-corrected chi connectivity index (χ4v) is 4.53. The Morgan fingerprint density at radius 1 is 1.27 bits per heavy atom. The summed E-state index contributed by atoms with van der Waals surface area (Å²) in [6.45, 7) is 1.75. The molecule has 7 nitrogen and oxygen atoms in total. The van der Waals surface area contributed by atoms with Crippen molar-refractivity contribution in [2.24, 2.45) is 5.73 Å². The second kappa shape index (κ2) is 9.82. The number of carbonyl (C=O) groups is 1. The predicted molar refractivity (Wildman–Crippen MR) is 118 cm³/mol. The summed E-state index contributed by atoms with van der Waals surface area (Å²) < 4.78 is 13.0. The van der Waals surface area contributed by atoms with E-state index < -0.39 is 11.7 Å². The Bertz CT molecular complexity index is 1030. The van der Waals surface area contributed by atoms with Gasteiger partial charge in [0.1, 0.15) is 28.5 Å². The molecule has 1 saturated carbocycles. The summed E-state index contributed by atoms with van der Waals surface area (Å²) in [4.78, 5) is 20.7. The number of anilines is 2. The standard InChI is InChI=1S/C14H11FN4O2S.C7H15N/c1-6-10-13(19-8-3-2-7(15)4-9(8)20)17-5-18-14(10)22-11(6)12(16)21;1-8-7-5-3-2-4-6-7/h2-5,20H,1H3,(H2,16,21)(H,17,18,19);7-8H,2-6H2,1H3. The molecule has 0 saturated heterocycles. The molecule has 30 heavy (non-hydrogen) atoms. The van der Waals surface area contributed by atoms with E-state index in [1.807, 2.05) is 0 Å². The summed E-state index contributed by atoms with van der Waals surface area (Å²) in [7, 11) is 2.07. The van der Waals surface area contributed by atoms with Crippen molar-refractivity contribution in [2.45, 2.75) is 45.1 Å². The van der Waals surface area contributed by atoms with Crippen LogP contribution >= 0.6 is 11.3 Å². The van der Waals surface area contributed by atoms with Gasteiger partial charge < -0.3 is 21.5 Å². The summed E-state index contributed by atoms with van der Waals surface area (Å²) in [6, 6.07) is 4.45. The van der Waals surface area contributed by atoms with E-state index in [1.165, 1.54) is 61.9 Å². The van der Waals surface area contributed by atoms with Crippen LogP contribution in [0.2, 0.25) is 0 Å². The first-order valence-corrected chi connectivity index (χ1v) is 10.7. The van der Waals surface area contributed by atoms with E-state index in [1.54, 1.807) is 6.92 Å². The summed E-state index contributed by atoms with van der Waals surface area (Å²) in [5, 5.41) is 16.6. The number of aromatic nitrogens is 2. The van der Waals surface area contributed by atoms with Crippen LogP contribution in [0.5, 0.6) is 5.75 Å². The van der Waals surface area contributed by atoms with E-state index in [0.717, 1.165) is 12.1 Å². The largest absolute Gasteiger partial charge is 0.506 e. The molecule has 1 aromatic carbocycles. The highest BCUT2D eigenvalue weighted by atomic mass is 32.1. The zero-order chi connectivity index (χ0) is 21.7. The molecule has 1 aliphatic rings. The van der Waals surface area contributed by atoms with Gasteiger partial charge in [-0.05, 0) is 44.5 Å². The van der Waals surface area contributed by atoms with Gasteiger partial charge in [-0.1, -0.05) is 19.3 Å². The molecule has 0 spiro atoms. The number of benzene rings is 1. The number of nitrogens with two attached hydrogens (primary N) is 1. The van der Waals surface area contributed by atoms with Gasteiger partial charge in [-0.2, -0.15) is 0 Å². The molecule has 0 bridgehead atoms. The number of hydrogen-bond acceptors (Lipinski definition) is 7. The van der Waals surface area contributed by atoms with Gasteiger partial charge in [0.2, 0.25) is 0 Å². The number of hydrogen-bond donors (Lipinski definition) is 4. The number of aromatic hydroxyl groups is 1. The Morgan fingerprint density at radius 2 is 2.00 bits per heavy atom. The van der Waals surface area contributed by atoms with Crippen LogP contribution in [-0.2, 0) is 0 Å². The number of aryl methyl sites for hydroxylation is 1. The fraction of sp³-hybridized carbons (Fsp3) is 0.381. The van der Waals surface area contributed by atoms with Gasteiger partial charge in [0.15, 0.2) is 0 Å². The molecule has 0 unspecified atom stereocenters. The van der Waals surface area contributed by atoms with Crippen molar-refractivity contribution in [1.29, 1.82) is 0 Å². The maximum atomic E-state index is 13.0. The lowest BCUT2D eigenvalue weighted by Gasteiger charge is -2.20. The van der Waals surface area contributed by atoms with Gasteiger partial charge in [-0.25, -0.2) is 14.4 Å². The van der Waals surface area contributed by atoms with Crippen molar-refractivity contribution in [1.82, 2.24) is 15.3 Å². The minimum atomic E-state index is -0.543. The molecule has 0 atom stereocenters. The number of rotatable bonds is 4. The minimum absolute atomic E-state index is 0.241. The van der Waals surface area contributed by atoms with Gasteiger partial charge in [0.05, 0.1) is 16.0 Å². The van der Waals surface area contributed by atoms with Crippen molar-refractivity contribution in [3.8, 4) is 5.75 Å². The number of phenols is 1. The van der Waals surface area contributed by atoms with E-state index in [9.17, 15) is 14.3 Å². The van der Waals surface area contributed by atoms with E-state index >= 15 is 0 Å². The third-order valence-corrected chi connectivity index (χ3v) is 6.39. The van der Waals surface area contributed by atoms with Crippen molar-refractivity contribution >= 4 is 39.0 Å². The average molecular weight is 432 g/mol. The smallest absolute Gasteiger partial charge is 0.259 e. The highest BCUT2D eigenvalue weighted by Gasteiger charge is 2.18. The summed E-state index contributed by atoms with van der Waals surface area (Å²) in [5.74, 6) is -0.905. The monoisotopic (exact) mass is 431 g/mol. The van der Waals surface area contributed by atoms with Gasteiger partial charge >= 0.3 is 0 Å². The maximum absolute atomic E-state index is 13.0. The van der Waals surface area contributed by atoms with E-state index in [4.69, 9.17) is 5.73 Å². The first kappa shape index (κ1) is 21.9. The fourth-order valence-electron chi connectivity index (χ4n) is 3.53. The van der Waals surface area contributed by atoms with Crippen LogP contribution < -0.4 is 16.4 Å². The number of primary amides is 1. The Labute approximate surface area is 178 Å². The molecule has 4 rings (SSSR count). The molecule has 0 aliphatic heterocycles. The second-order valence-electron chi connectivity index (χ2n) is 7.23. The number of fused-ring (bicyclic) bond motifs is 1. The van der Waals surface area contributed by atoms with Crippen LogP contribution in [0.25, 0.3) is 10.2 Å². The van der Waals surface area contributed by atoms with Crippen molar-refractivity contribution in [3.63, 3.8) is 0 Å². The average Bonchev–Trinajstić information content (AvgIpc) is 3.09.